The summed E-state index contributed by atoms with van der Waals surface area (Å²) >= 11 is 0. The molecule has 0 saturated heterocycles. The molecule has 4 nitrogen and oxygen atoms in total. The SMILES string of the molecule is COC(=O)[C@@H](CN)Cc1ccncc1. The number of carbonyl (C=O) groups excluding carboxylic acids is 1. The van der Waals surface area contributed by atoms with Crippen LogP contribution in [0, 0.1) is 5.92 Å². The van der Waals surface area contributed by atoms with Crippen molar-refractivity contribution in [1.29, 1.82) is 0 Å². The van der Waals surface area contributed by atoms with Crippen molar-refractivity contribution < 1.29 is 9.53 Å². The number of hydrogen-bond acceptors (Lipinski definition) is 4. The molecule has 0 amide bonds. The second kappa shape index (κ2) is 5.34. The molecular weight excluding hydrogens is 180 g/mol. The van der Waals surface area contributed by atoms with Crippen LogP contribution in [-0.2, 0) is 16.0 Å². The molecule has 4 heteroatoms. The minimum absolute atomic E-state index is 0.260. The average Bonchev–Trinajstić information content (AvgIpc) is 2.26. The van der Waals surface area contributed by atoms with Gasteiger partial charge in [0.25, 0.3) is 0 Å². The molecule has 0 spiro atoms. The van der Waals surface area contributed by atoms with E-state index in [1.165, 1.54) is 7.11 Å². The van der Waals surface area contributed by atoms with Crippen LogP contribution in [0.2, 0.25) is 0 Å². The molecule has 1 atom stereocenters. The lowest BCUT2D eigenvalue weighted by atomic mass is 10.0. The van der Waals surface area contributed by atoms with Crippen LogP contribution in [0.15, 0.2) is 24.5 Å². The first kappa shape index (κ1) is 10.7. The summed E-state index contributed by atoms with van der Waals surface area (Å²) in [4.78, 5) is 15.1. The Hall–Kier alpha value is -1.42. The zero-order valence-corrected chi connectivity index (χ0v) is 8.14. The van der Waals surface area contributed by atoms with Crippen LogP contribution in [0.5, 0.6) is 0 Å². The van der Waals surface area contributed by atoms with Crippen molar-refractivity contribution in [2.45, 2.75) is 6.42 Å². The predicted molar refractivity (Wildman–Crippen MR) is 52.5 cm³/mol. The zero-order chi connectivity index (χ0) is 10.4. The van der Waals surface area contributed by atoms with Crippen LogP contribution >= 0.6 is 0 Å². The van der Waals surface area contributed by atoms with Crippen molar-refractivity contribution in [2.24, 2.45) is 11.7 Å². The Kier molecular flexibility index (Phi) is 4.07. The highest BCUT2D eigenvalue weighted by molar-refractivity contribution is 5.72. The standard InChI is InChI=1S/C10H14N2O2/c1-14-10(13)9(7-11)6-8-2-4-12-5-3-8/h2-5,9H,6-7,11H2,1H3/t9-/m1/s1. The van der Waals surface area contributed by atoms with Crippen molar-refractivity contribution in [1.82, 2.24) is 4.98 Å². The highest BCUT2D eigenvalue weighted by atomic mass is 16.5. The number of esters is 1. The first-order valence-electron chi connectivity index (χ1n) is 4.44. The van der Waals surface area contributed by atoms with E-state index >= 15 is 0 Å². The fourth-order valence-electron chi connectivity index (χ4n) is 1.23. The van der Waals surface area contributed by atoms with E-state index in [1.54, 1.807) is 12.4 Å². The Balaban J connectivity index is 2.62. The Morgan fingerprint density at radius 2 is 2.21 bits per heavy atom. The summed E-state index contributed by atoms with van der Waals surface area (Å²) in [6, 6.07) is 3.73. The third kappa shape index (κ3) is 2.81. The van der Waals surface area contributed by atoms with Gasteiger partial charge in [-0.2, -0.15) is 0 Å². The van der Waals surface area contributed by atoms with E-state index in [2.05, 4.69) is 9.72 Å². The van der Waals surface area contributed by atoms with Gasteiger partial charge in [0, 0.05) is 18.9 Å². The van der Waals surface area contributed by atoms with Gasteiger partial charge in [0.15, 0.2) is 0 Å². The molecular formula is C10H14N2O2. The second-order valence-corrected chi connectivity index (χ2v) is 3.02. The molecule has 0 aliphatic carbocycles. The topological polar surface area (TPSA) is 65.2 Å². The molecule has 1 aromatic heterocycles. The van der Waals surface area contributed by atoms with Gasteiger partial charge in [0.2, 0.25) is 0 Å². The van der Waals surface area contributed by atoms with Crippen molar-refractivity contribution in [3.8, 4) is 0 Å². The molecule has 0 saturated carbocycles. The smallest absolute Gasteiger partial charge is 0.310 e. The van der Waals surface area contributed by atoms with E-state index in [1.807, 2.05) is 12.1 Å². The molecule has 0 radical (unpaired) electrons. The number of rotatable bonds is 4. The molecule has 0 aromatic carbocycles. The molecule has 1 heterocycles. The first-order valence-corrected chi connectivity index (χ1v) is 4.44. The van der Waals surface area contributed by atoms with E-state index < -0.39 is 0 Å². The largest absolute Gasteiger partial charge is 0.469 e. The molecule has 0 unspecified atom stereocenters. The van der Waals surface area contributed by atoms with Gasteiger partial charge in [0.05, 0.1) is 13.0 Å². The van der Waals surface area contributed by atoms with Crippen molar-refractivity contribution in [2.75, 3.05) is 13.7 Å². The Labute approximate surface area is 83.1 Å². The van der Waals surface area contributed by atoms with Gasteiger partial charge in [-0.3, -0.25) is 9.78 Å². The first-order chi connectivity index (χ1) is 6.77. The molecule has 0 aliphatic heterocycles. The van der Waals surface area contributed by atoms with Crippen LogP contribution < -0.4 is 5.73 Å². The van der Waals surface area contributed by atoms with Gasteiger partial charge in [-0.05, 0) is 24.1 Å². The second-order valence-electron chi connectivity index (χ2n) is 3.02. The maximum atomic E-state index is 11.2. The van der Waals surface area contributed by atoms with Gasteiger partial charge in [-0.25, -0.2) is 0 Å². The number of ether oxygens (including phenoxy) is 1. The molecule has 1 rings (SSSR count). The van der Waals surface area contributed by atoms with Gasteiger partial charge in [-0.15, -0.1) is 0 Å². The van der Waals surface area contributed by atoms with Crippen LogP contribution in [0.4, 0.5) is 0 Å². The van der Waals surface area contributed by atoms with Crippen molar-refractivity contribution in [3.05, 3.63) is 30.1 Å². The molecule has 0 aliphatic rings. The van der Waals surface area contributed by atoms with E-state index in [0.29, 0.717) is 13.0 Å². The number of nitrogens with zero attached hydrogens (tertiary/aromatic N) is 1. The lowest BCUT2D eigenvalue weighted by Gasteiger charge is -2.11. The van der Waals surface area contributed by atoms with E-state index in [4.69, 9.17) is 5.73 Å². The minimum Gasteiger partial charge on any atom is -0.469 e. The summed E-state index contributed by atoms with van der Waals surface area (Å²) in [5.41, 5.74) is 6.52. The molecule has 1 aromatic rings. The van der Waals surface area contributed by atoms with Gasteiger partial charge < -0.3 is 10.5 Å². The van der Waals surface area contributed by atoms with Crippen molar-refractivity contribution in [3.63, 3.8) is 0 Å². The van der Waals surface area contributed by atoms with E-state index in [0.717, 1.165) is 5.56 Å². The summed E-state index contributed by atoms with van der Waals surface area (Å²) < 4.78 is 4.64. The van der Waals surface area contributed by atoms with Gasteiger partial charge >= 0.3 is 5.97 Å². The van der Waals surface area contributed by atoms with Gasteiger partial charge in [-0.1, -0.05) is 0 Å². The number of hydrogen-bond donors (Lipinski definition) is 1. The maximum absolute atomic E-state index is 11.2. The quantitative estimate of drug-likeness (QED) is 0.703. The number of aromatic nitrogens is 1. The molecule has 0 fully saturated rings. The normalized spacial score (nSPS) is 12.1. The summed E-state index contributed by atoms with van der Waals surface area (Å²) in [5.74, 6) is -0.522. The Morgan fingerprint density at radius 3 is 2.71 bits per heavy atom. The fourth-order valence-corrected chi connectivity index (χ4v) is 1.23. The van der Waals surface area contributed by atoms with Gasteiger partial charge in [0.1, 0.15) is 0 Å². The molecule has 14 heavy (non-hydrogen) atoms. The highest BCUT2D eigenvalue weighted by Crippen LogP contribution is 2.08. The van der Waals surface area contributed by atoms with Crippen LogP contribution in [0.3, 0.4) is 0 Å². The summed E-state index contributed by atoms with van der Waals surface area (Å²) in [6.07, 6.45) is 3.99. The predicted octanol–water partition coefficient (Wildman–Crippen LogP) is 0.372. The third-order valence-electron chi connectivity index (χ3n) is 2.05. The minimum atomic E-state index is -0.262. The van der Waals surface area contributed by atoms with Crippen LogP contribution in [-0.4, -0.2) is 24.6 Å². The monoisotopic (exact) mass is 194 g/mol. The third-order valence-corrected chi connectivity index (χ3v) is 2.05. The van der Waals surface area contributed by atoms with E-state index in [-0.39, 0.29) is 11.9 Å². The Bertz CT molecular complexity index is 287. The lowest BCUT2D eigenvalue weighted by Crippen LogP contribution is -2.26. The molecule has 2 N–H and O–H groups in total. The zero-order valence-electron chi connectivity index (χ0n) is 8.14. The lowest BCUT2D eigenvalue weighted by molar-refractivity contribution is -0.145. The summed E-state index contributed by atoms with van der Waals surface area (Å²) in [5, 5.41) is 0. The summed E-state index contributed by atoms with van der Waals surface area (Å²) in [6.45, 7) is 0.301. The molecule has 76 valence electrons. The fraction of sp³-hybridized carbons (Fsp3) is 0.400. The summed E-state index contributed by atoms with van der Waals surface area (Å²) in [7, 11) is 1.37. The number of methoxy groups -OCH3 is 1. The maximum Gasteiger partial charge on any atom is 0.310 e. The van der Waals surface area contributed by atoms with Crippen LogP contribution in [0.25, 0.3) is 0 Å². The molecule has 0 bridgehead atoms. The Morgan fingerprint density at radius 1 is 1.57 bits per heavy atom. The van der Waals surface area contributed by atoms with Crippen LogP contribution in [0.1, 0.15) is 5.56 Å². The number of pyridine rings is 1. The number of carbonyl (C=O) groups is 1. The van der Waals surface area contributed by atoms with E-state index in [9.17, 15) is 4.79 Å². The average molecular weight is 194 g/mol. The highest BCUT2D eigenvalue weighted by Gasteiger charge is 2.17. The van der Waals surface area contributed by atoms with Crippen molar-refractivity contribution >= 4 is 5.97 Å². The number of nitrogens with two attached hydrogens (primary N) is 1.